The van der Waals surface area contributed by atoms with Gasteiger partial charge in [0.1, 0.15) is 5.82 Å². The van der Waals surface area contributed by atoms with E-state index in [1.807, 2.05) is 18.2 Å². The van der Waals surface area contributed by atoms with Gasteiger partial charge >= 0.3 is 0 Å². The van der Waals surface area contributed by atoms with Crippen LogP contribution in [0.3, 0.4) is 0 Å². The predicted octanol–water partition coefficient (Wildman–Crippen LogP) is 2.52. The van der Waals surface area contributed by atoms with Crippen LogP contribution >= 0.6 is 0 Å². The zero-order chi connectivity index (χ0) is 16.7. The van der Waals surface area contributed by atoms with Crippen molar-refractivity contribution in [3.8, 4) is 0 Å². The van der Waals surface area contributed by atoms with E-state index in [1.165, 1.54) is 16.4 Å². The largest absolute Gasteiger partial charge is 0.243 e. The Labute approximate surface area is 138 Å². The average molecular weight is 343 g/mol. The molecule has 1 aromatic carbocycles. The molecule has 0 bridgehead atoms. The van der Waals surface area contributed by atoms with Gasteiger partial charge in [-0.3, -0.25) is 0 Å². The summed E-state index contributed by atoms with van der Waals surface area (Å²) < 4.78 is 39.9. The standard InChI is InChI=1S/C17H14FN3O2S/c18-14-3-5-15(6-4-14)24(22,23)21-9-7-16-13(11-21)10-12-2-1-8-19-17(12)20-16/h1-6,8,10H,7,9,11H2. The zero-order valence-corrected chi connectivity index (χ0v) is 13.5. The van der Waals surface area contributed by atoms with Gasteiger partial charge in [-0.1, -0.05) is 0 Å². The number of nitrogens with zero attached hydrogens (tertiary/aromatic N) is 3. The maximum atomic E-state index is 13.0. The van der Waals surface area contributed by atoms with E-state index in [0.29, 0.717) is 18.6 Å². The smallest absolute Gasteiger partial charge is 0.237 e. The number of rotatable bonds is 2. The highest BCUT2D eigenvalue weighted by molar-refractivity contribution is 7.89. The third-order valence-electron chi connectivity index (χ3n) is 4.15. The maximum Gasteiger partial charge on any atom is 0.243 e. The van der Waals surface area contributed by atoms with E-state index in [-0.39, 0.29) is 11.4 Å². The van der Waals surface area contributed by atoms with Crippen LogP contribution in [0.5, 0.6) is 0 Å². The molecule has 122 valence electrons. The number of hydrogen-bond donors (Lipinski definition) is 0. The Kier molecular flexibility index (Phi) is 3.54. The molecule has 0 fully saturated rings. The molecule has 1 aliphatic heterocycles. The van der Waals surface area contributed by atoms with E-state index < -0.39 is 15.8 Å². The molecular weight excluding hydrogens is 329 g/mol. The van der Waals surface area contributed by atoms with Crippen LogP contribution in [-0.4, -0.2) is 29.2 Å². The summed E-state index contributed by atoms with van der Waals surface area (Å²) in [5, 5.41) is 0.886. The molecular formula is C17H14FN3O2S. The van der Waals surface area contributed by atoms with E-state index in [4.69, 9.17) is 0 Å². The minimum absolute atomic E-state index is 0.0998. The summed E-state index contributed by atoms with van der Waals surface area (Å²) in [5.74, 6) is -0.457. The first-order chi connectivity index (χ1) is 11.5. The summed E-state index contributed by atoms with van der Waals surface area (Å²) in [5.41, 5.74) is 2.44. The fourth-order valence-electron chi connectivity index (χ4n) is 2.90. The first-order valence-electron chi connectivity index (χ1n) is 7.53. The lowest BCUT2D eigenvalue weighted by Gasteiger charge is -2.27. The summed E-state index contributed by atoms with van der Waals surface area (Å²) in [7, 11) is -3.65. The summed E-state index contributed by atoms with van der Waals surface area (Å²) in [6.07, 6.45) is 2.22. The minimum Gasteiger partial charge on any atom is -0.237 e. The fourth-order valence-corrected chi connectivity index (χ4v) is 4.32. The highest BCUT2D eigenvalue weighted by Gasteiger charge is 2.29. The molecule has 0 saturated heterocycles. The Balaban J connectivity index is 1.70. The minimum atomic E-state index is -3.65. The monoisotopic (exact) mass is 343 g/mol. The van der Waals surface area contributed by atoms with Crippen LogP contribution in [0.2, 0.25) is 0 Å². The quantitative estimate of drug-likeness (QED) is 0.717. The molecule has 5 nitrogen and oxygen atoms in total. The van der Waals surface area contributed by atoms with Gasteiger partial charge in [-0.05, 0) is 48.0 Å². The van der Waals surface area contributed by atoms with Gasteiger partial charge in [0.2, 0.25) is 10.0 Å². The van der Waals surface area contributed by atoms with Crippen LogP contribution in [0.15, 0.2) is 53.6 Å². The lowest BCUT2D eigenvalue weighted by molar-refractivity contribution is 0.388. The van der Waals surface area contributed by atoms with Gasteiger partial charge in [-0.2, -0.15) is 4.31 Å². The van der Waals surface area contributed by atoms with Crippen LogP contribution in [-0.2, 0) is 23.0 Å². The summed E-state index contributed by atoms with van der Waals surface area (Å²) in [4.78, 5) is 8.87. The predicted molar refractivity (Wildman–Crippen MR) is 87.2 cm³/mol. The van der Waals surface area contributed by atoms with E-state index in [0.717, 1.165) is 28.8 Å². The number of benzene rings is 1. The van der Waals surface area contributed by atoms with Crippen LogP contribution in [0.1, 0.15) is 11.3 Å². The van der Waals surface area contributed by atoms with Crippen LogP contribution in [0, 0.1) is 5.82 Å². The number of fused-ring (bicyclic) bond motifs is 2. The summed E-state index contributed by atoms with van der Waals surface area (Å²) in [6, 6.07) is 10.6. The van der Waals surface area contributed by atoms with E-state index in [1.54, 1.807) is 6.20 Å². The van der Waals surface area contributed by atoms with Gasteiger partial charge < -0.3 is 0 Å². The molecule has 4 rings (SSSR count). The van der Waals surface area contributed by atoms with Crippen LogP contribution < -0.4 is 0 Å². The van der Waals surface area contributed by atoms with Crippen LogP contribution in [0.25, 0.3) is 11.0 Å². The Bertz CT molecular complexity index is 1020. The molecule has 0 spiro atoms. The first kappa shape index (κ1) is 15.2. The fraction of sp³-hybridized carbons (Fsp3) is 0.176. The highest BCUT2D eigenvalue weighted by Crippen LogP contribution is 2.26. The molecule has 3 heterocycles. The van der Waals surface area contributed by atoms with Gasteiger partial charge in [0, 0.05) is 36.8 Å². The van der Waals surface area contributed by atoms with Crippen molar-refractivity contribution in [2.24, 2.45) is 0 Å². The Hall–Kier alpha value is -2.38. The SMILES string of the molecule is O=S(=O)(c1ccc(F)cc1)N1CCc2nc3ncccc3cc2C1. The van der Waals surface area contributed by atoms with Gasteiger partial charge in [-0.25, -0.2) is 22.8 Å². The van der Waals surface area contributed by atoms with Crippen LogP contribution in [0.4, 0.5) is 4.39 Å². The lowest BCUT2D eigenvalue weighted by Crippen LogP contribution is -2.36. The number of aromatic nitrogens is 2. The Morgan fingerprint density at radius 2 is 1.92 bits per heavy atom. The Morgan fingerprint density at radius 1 is 1.12 bits per heavy atom. The third kappa shape index (κ3) is 2.55. The molecule has 3 aromatic rings. The summed E-state index contributed by atoms with van der Waals surface area (Å²) in [6.45, 7) is 0.602. The third-order valence-corrected chi connectivity index (χ3v) is 6.01. The second-order valence-corrected chi connectivity index (χ2v) is 7.62. The number of pyridine rings is 2. The molecule has 0 N–H and O–H groups in total. The highest BCUT2D eigenvalue weighted by atomic mass is 32.2. The molecule has 0 saturated carbocycles. The van der Waals surface area contributed by atoms with Crippen molar-refractivity contribution in [1.82, 2.24) is 14.3 Å². The zero-order valence-electron chi connectivity index (χ0n) is 12.7. The van der Waals surface area contributed by atoms with E-state index in [9.17, 15) is 12.8 Å². The average Bonchev–Trinajstić information content (AvgIpc) is 2.59. The number of halogens is 1. The molecule has 0 unspecified atom stereocenters. The second-order valence-electron chi connectivity index (χ2n) is 5.69. The molecule has 2 aromatic heterocycles. The topological polar surface area (TPSA) is 63.2 Å². The molecule has 24 heavy (non-hydrogen) atoms. The molecule has 0 amide bonds. The lowest BCUT2D eigenvalue weighted by atomic mass is 10.1. The Morgan fingerprint density at radius 3 is 2.71 bits per heavy atom. The molecule has 1 aliphatic rings. The number of hydrogen-bond acceptors (Lipinski definition) is 4. The first-order valence-corrected chi connectivity index (χ1v) is 8.97. The van der Waals surface area contributed by atoms with Crippen molar-refractivity contribution in [2.75, 3.05) is 6.54 Å². The van der Waals surface area contributed by atoms with Gasteiger partial charge in [0.05, 0.1) is 4.90 Å². The number of sulfonamides is 1. The normalized spacial score (nSPS) is 15.4. The van der Waals surface area contributed by atoms with Crippen molar-refractivity contribution in [3.63, 3.8) is 0 Å². The van der Waals surface area contributed by atoms with Crippen molar-refractivity contribution in [2.45, 2.75) is 17.9 Å². The molecule has 0 radical (unpaired) electrons. The van der Waals surface area contributed by atoms with Gasteiger partial charge in [-0.15, -0.1) is 0 Å². The van der Waals surface area contributed by atoms with Crippen molar-refractivity contribution in [1.29, 1.82) is 0 Å². The summed E-state index contributed by atoms with van der Waals surface area (Å²) >= 11 is 0. The second kappa shape index (κ2) is 5.61. The van der Waals surface area contributed by atoms with Gasteiger partial charge in [0.15, 0.2) is 5.65 Å². The van der Waals surface area contributed by atoms with Crippen molar-refractivity contribution < 1.29 is 12.8 Å². The maximum absolute atomic E-state index is 13.0. The molecule has 0 atom stereocenters. The van der Waals surface area contributed by atoms with E-state index >= 15 is 0 Å². The van der Waals surface area contributed by atoms with Crippen molar-refractivity contribution in [3.05, 3.63) is 65.7 Å². The molecule has 0 aliphatic carbocycles. The van der Waals surface area contributed by atoms with Gasteiger partial charge in [0.25, 0.3) is 0 Å². The molecule has 7 heteroatoms. The van der Waals surface area contributed by atoms with E-state index in [2.05, 4.69) is 9.97 Å². The van der Waals surface area contributed by atoms with Crippen molar-refractivity contribution >= 4 is 21.1 Å².